The molecule has 0 saturated carbocycles. The van der Waals surface area contributed by atoms with Gasteiger partial charge in [0.15, 0.2) is 11.6 Å². The van der Waals surface area contributed by atoms with Crippen LogP contribution in [-0.4, -0.2) is 101 Å². The Morgan fingerprint density at radius 1 is 1.29 bits per heavy atom. The van der Waals surface area contributed by atoms with Crippen LogP contribution in [0.25, 0.3) is 11.4 Å². The van der Waals surface area contributed by atoms with Crippen molar-refractivity contribution in [1.82, 2.24) is 24.7 Å². The highest BCUT2D eigenvalue weighted by atomic mass is 35.5. The van der Waals surface area contributed by atoms with Crippen LogP contribution in [0.15, 0.2) is 31.0 Å². The molecule has 0 bridgehead atoms. The highest BCUT2D eigenvalue weighted by Gasteiger charge is 2.46. The van der Waals surface area contributed by atoms with Gasteiger partial charge in [0.25, 0.3) is 5.91 Å². The zero-order valence-electron chi connectivity index (χ0n) is 22.1. The maximum absolute atomic E-state index is 14.9. The fourth-order valence-electron chi connectivity index (χ4n) is 5.62. The molecule has 202 valence electrons. The summed E-state index contributed by atoms with van der Waals surface area (Å²) in [6.07, 6.45) is 3.58. The Hall–Kier alpha value is -3.24. The molecule has 0 aromatic carbocycles. The molecule has 0 N–H and O–H groups in total. The average molecular weight is 543 g/mol. The summed E-state index contributed by atoms with van der Waals surface area (Å²) in [7, 11) is 4.05. The molecule has 2 aromatic rings. The lowest BCUT2D eigenvalue weighted by molar-refractivity contribution is -0.128. The Morgan fingerprint density at radius 2 is 2.05 bits per heavy atom. The van der Waals surface area contributed by atoms with Crippen LogP contribution in [0.1, 0.15) is 30.6 Å². The van der Waals surface area contributed by atoms with E-state index in [0.29, 0.717) is 32.0 Å². The minimum Gasteiger partial charge on any atom is -0.489 e. The van der Waals surface area contributed by atoms with E-state index in [-0.39, 0.29) is 63.8 Å². The van der Waals surface area contributed by atoms with Gasteiger partial charge >= 0.3 is 0 Å². The van der Waals surface area contributed by atoms with Crippen LogP contribution in [0, 0.1) is 5.82 Å². The number of likely N-dealkylation sites (N-methyl/N-ethyl adjacent to an activating group) is 1. The van der Waals surface area contributed by atoms with Gasteiger partial charge < -0.3 is 24.3 Å². The van der Waals surface area contributed by atoms with E-state index < -0.39 is 5.82 Å². The number of piperazine rings is 1. The van der Waals surface area contributed by atoms with Crippen molar-refractivity contribution in [3.05, 3.63) is 47.4 Å². The van der Waals surface area contributed by atoms with Gasteiger partial charge in [0, 0.05) is 44.0 Å². The maximum atomic E-state index is 14.9. The van der Waals surface area contributed by atoms with Crippen LogP contribution in [0.3, 0.4) is 0 Å². The molecule has 0 spiro atoms. The second-order valence-electron chi connectivity index (χ2n) is 10.8. The number of anilines is 1. The van der Waals surface area contributed by atoms with Gasteiger partial charge in [0.1, 0.15) is 34.4 Å². The summed E-state index contributed by atoms with van der Waals surface area (Å²) in [4.78, 5) is 43.1. The third-order valence-corrected chi connectivity index (χ3v) is 8.12. The fraction of sp³-hybridized carbons (Fsp3) is 0.481. The summed E-state index contributed by atoms with van der Waals surface area (Å²) in [6.45, 7) is 9.55. The summed E-state index contributed by atoms with van der Waals surface area (Å²) in [6, 6.07) is 2.63. The first-order valence-electron chi connectivity index (χ1n) is 12.7. The Bertz CT molecular complexity index is 1300. The molecule has 9 nitrogen and oxygen atoms in total. The van der Waals surface area contributed by atoms with Crippen LogP contribution in [0.4, 0.5) is 10.2 Å². The lowest BCUT2D eigenvalue weighted by Crippen LogP contribution is -2.57. The first-order chi connectivity index (χ1) is 18.0. The van der Waals surface area contributed by atoms with Crippen molar-refractivity contribution < 1.29 is 18.7 Å². The van der Waals surface area contributed by atoms with Gasteiger partial charge in [-0.2, -0.15) is 0 Å². The van der Waals surface area contributed by atoms with Crippen molar-refractivity contribution in [3.63, 3.8) is 0 Å². The van der Waals surface area contributed by atoms with E-state index in [2.05, 4.69) is 35.2 Å². The zero-order valence-corrected chi connectivity index (χ0v) is 22.8. The highest BCUT2D eigenvalue weighted by molar-refractivity contribution is 6.35. The number of fused-ring (bicyclic) bond motifs is 2. The Morgan fingerprint density at radius 3 is 2.71 bits per heavy atom. The van der Waals surface area contributed by atoms with Crippen molar-refractivity contribution in [2.75, 3.05) is 51.8 Å². The first-order valence-corrected chi connectivity index (χ1v) is 13.0. The third kappa shape index (κ3) is 4.39. The van der Waals surface area contributed by atoms with Crippen molar-refractivity contribution in [3.8, 4) is 17.1 Å². The number of carbonyl (C=O) groups excluding carboxylic acids is 2. The number of amides is 2. The molecule has 38 heavy (non-hydrogen) atoms. The van der Waals surface area contributed by atoms with Crippen LogP contribution in [0.5, 0.6) is 5.75 Å². The van der Waals surface area contributed by atoms with Gasteiger partial charge in [0.2, 0.25) is 5.91 Å². The molecule has 0 radical (unpaired) electrons. The van der Waals surface area contributed by atoms with Crippen LogP contribution >= 0.6 is 11.6 Å². The minimum absolute atomic E-state index is 0.0107. The summed E-state index contributed by atoms with van der Waals surface area (Å²) in [5.41, 5.74) is 0.0145. The Labute approximate surface area is 226 Å². The van der Waals surface area contributed by atoms with Crippen molar-refractivity contribution in [1.29, 1.82) is 0 Å². The molecule has 11 heteroatoms. The number of aromatic nitrogens is 2. The van der Waals surface area contributed by atoms with E-state index in [1.165, 1.54) is 24.4 Å². The number of ether oxygens (including phenoxy) is 1. The Balaban J connectivity index is 1.67. The van der Waals surface area contributed by atoms with Gasteiger partial charge in [-0.25, -0.2) is 9.37 Å². The molecule has 2 saturated heterocycles. The molecular weight excluding hydrogens is 511 g/mol. The maximum Gasteiger partial charge on any atom is 0.261 e. The third-order valence-electron chi connectivity index (χ3n) is 7.77. The van der Waals surface area contributed by atoms with E-state index in [0.717, 1.165) is 6.42 Å². The fourth-order valence-corrected chi connectivity index (χ4v) is 5.90. The molecule has 2 atom stereocenters. The lowest BCUT2D eigenvalue weighted by Gasteiger charge is -2.40. The second kappa shape index (κ2) is 9.81. The van der Waals surface area contributed by atoms with Crippen LogP contribution < -0.4 is 9.64 Å². The molecule has 2 unspecified atom stereocenters. The molecule has 3 aliphatic rings. The van der Waals surface area contributed by atoms with Crippen LogP contribution in [-0.2, 0) is 4.79 Å². The van der Waals surface area contributed by atoms with Crippen molar-refractivity contribution in [2.45, 2.75) is 37.9 Å². The van der Waals surface area contributed by atoms with E-state index in [9.17, 15) is 14.0 Å². The minimum atomic E-state index is -0.574. The largest absolute Gasteiger partial charge is 0.489 e. The lowest BCUT2D eigenvalue weighted by atomic mass is 9.99. The summed E-state index contributed by atoms with van der Waals surface area (Å²) >= 11 is 6.83. The number of pyridine rings is 2. The quantitative estimate of drug-likeness (QED) is 0.549. The highest BCUT2D eigenvalue weighted by Crippen LogP contribution is 2.46. The monoisotopic (exact) mass is 542 g/mol. The van der Waals surface area contributed by atoms with Crippen LogP contribution in [0.2, 0.25) is 5.02 Å². The number of hydrogen-bond donors (Lipinski definition) is 0. The van der Waals surface area contributed by atoms with Gasteiger partial charge in [-0.1, -0.05) is 18.2 Å². The molecule has 3 aliphatic heterocycles. The van der Waals surface area contributed by atoms with Gasteiger partial charge in [-0.05, 0) is 52.6 Å². The summed E-state index contributed by atoms with van der Waals surface area (Å²) in [5, 5.41) is 0.0368. The van der Waals surface area contributed by atoms with E-state index in [4.69, 9.17) is 21.3 Å². The van der Waals surface area contributed by atoms with Gasteiger partial charge in [-0.15, -0.1) is 0 Å². The number of nitrogens with zero attached hydrogens (tertiary/aromatic N) is 6. The van der Waals surface area contributed by atoms with E-state index in [1.54, 1.807) is 9.80 Å². The topological polar surface area (TPSA) is 82.1 Å². The van der Waals surface area contributed by atoms with E-state index in [1.807, 2.05) is 14.1 Å². The Kier molecular flexibility index (Phi) is 6.81. The first kappa shape index (κ1) is 26.4. The number of hydrogen-bond acceptors (Lipinski definition) is 7. The molecule has 5 rings (SSSR count). The molecular formula is C27H32ClFN6O3. The zero-order chi connectivity index (χ0) is 27.4. The second-order valence-corrected chi connectivity index (χ2v) is 11.2. The summed E-state index contributed by atoms with van der Waals surface area (Å²) in [5.74, 6) is -0.470. The average Bonchev–Trinajstić information content (AvgIpc) is 3.14. The predicted molar refractivity (Wildman–Crippen MR) is 143 cm³/mol. The van der Waals surface area contributed by atoms with Crippen molar-refractivity contribution >= 4 is 29.2 Å². The SMILES string of the molecule is C=CC(=O)N1CCN2C(=O)c3c(N4CC(N(C)C)CC4(C)C)nc(-c4ncccc4F)c(Cl)c3OCC2C1. The molecule has 2 amide bonds. The number of rotatable bonds is 4. The number of carbonyl (C=O) groups is 2. The molecule has 2 fully saturated rings. The molecule has 5 heterocycles. The number of halogens is 2. The predicted octanol–water partition coefficient (Wildman–Crippen LogP) is 3.09. The van der Waals surface area contributed by atoms with Gasteiger partial charge in [-0.3, -0.25) is 14.6 Å². The smallest absolute Gasteiger partial charge is 0.261 e. The normalized spacial score (nSPS) is 22.6. The van der Waals surface area contributed by atoms with Crippen molar-refractivity contribution in [2.24, 2.45) is 0 Å². The summed E-state index contributed by atoms with van der Waals surface area (Å²) < 4.78 is 21.2. The van der Waals surface area contributed by atoms with Gasteiger partial charge in [0.05, 0.1) is 6.04 Å². The molecule has 2 aromatic heterocycles. The standard InChI is InChI=1S/C27H32ClFN6O3/c1-6-19(36)33-10-11-34-17(13-33)15-38-24-20(26(34)37)25(35-14-16(32(4)5)12-27(35,2)3)31-23(21(24)28)22-18(29)8-7-9-30-22/h6-9,16-17H,1,10-15H2,2-5H3. The van der Waals surface area contributed by atoms with E-state index >= 15 is 0 Å². The molecule has 0 aliphatic carbocycles.